The molecule has 140 valence electrons. The molecule has 0 radical (unpaired) electrons. The maximum Gasteiger partial charge on any atom is 0.237 e. The van der Waals surface area contributed by atoms with Crippen molar-refractivity contribution in [3.8, 4) is 11.4 Å². The summed E-state index contributed by atoms with van der Waals surface area (Å²) in [6, 6.07) is 12.3. The number of anilines is 1. The zero-order valence-corrected chi connectivity index (χ0v) is 17.9. The molecule has 1 heterocycles. The van der Waals surface area contributed by atoms with E-state index < -0.39 is 5.25 Å². The van der Waals surface area contributed by atoms with Crippen LogP contribution in [0, 0.1) is 0 Å². The fourth-order valence-electron chi connectivity index (χ4n) is 2.20. The molecule has 1 unspecified atom stereocenters. The maximum absolute atomic E-state index is 12.4. The first-order valence-corrected chi connectivity index (χ1v) is 10.2. The summed E-state index contributed by atoms with van der Waals surface area (Å²) >= 11 is 16.7. The summed E-state index contributed by atoms with van der Waals surface area (Å²) in [6.07, 6.45) is 0. The van der Waals surface area contributed by atoms with Gasteiger partial charge < -0.3 is 11.2 Å². The molecule has 0 aliphatic heterocycles. The summed E-state index contributed by atoms with van der Waals surface area (Å²) in [4.78, 5) is 12.4. The number of benzene rings is 2. The molecule has 0 saturated carbocycles. The lowest BCUT2D eigenvalue weighted by Crippen LogP contribution is -2.23. The van der Waals surface area contributed by atoms with Crippen LogP contribution in [0.2, 0.25) is 10.0 Å². The van der Waals surface area contributed by atoms with Gasteiger partial charge in [0.15, 0.2) is 5.82 Å². The number of halogens is 3. The predicted molar refractivity (Wildman–Crippen MR) is 114 cm³/mol. The minimum atomic E-state index is -0.436. The van der Waals surface area contributed by atoms with Gasteiger partial charge in [-0.3, -0.25) is 4.79 Å². The summed E-state index contributed by atoms with van der Waals surface area (Å²) in [6.45, 7) is 1.77. The van der Waals surface area contributed by atoms with Gasteiger partial charge in [0.2, 0.25) is 11.1 Å². The van der Waals surface area contributed by atoms with E-state index >= 15 is 0 Å². The van der Waals surface area contributed by atoms with Gasteiger partial charge in [0.25, 0.3) is 0 Å². The number of carbonyl (C=O) groups excluding carboxylic acids is 1. The number of carbonyl (C=O) groups is 1. The summed E-state index contributed by atoms with van der Waals surface area (Å²) in [5, 5.41) is 11.9. The topological polar surface area (TPSA) is 85.8 Å². The number of hydrogen-bond acceptors (Lipinski definition) is 5. The van der Waals surface area contributed by atoms with Gasteiger partial charge in [0, 0.05) is 20.7 Å². The number of nitrogens with two attached hydrogens (primary N) is 1. The van der Waals surface area contributed by atoms with Crippen LogP contribution in [0.15, 0.2) is 52.1 Å². The van der Waals surface area contributed by atoms with E-state index in [2.05, 4.69) is 31.4 Å². The van der Waals surface area contributed by atoms with Crippen LogP contribution < -0.4 is 11.2 Å². The lowest BCUT2D eigenvalue weighted by atomic mass is 10.2. The van der Waals surface area contributed by atoms with Crippen molar-refractivity contribution in [3.05, 3.63) is 57.0 Å². The molecule has 0 aliphatic carbocycles. The van der Waals surface area contributed by atoms with Crippen LogP contribution in [0.3, 0.4) is 0 Å². The van der Waals surface area contributed by atoms with E-state index in [0.717, 1.165) is 4.47 Å². The molecular formula is C17H14BrCl2N5OS. The Hall–Kier alpha value is -1.74. The molecule has 3 N–H and O–H groups in total. The highest BCUT2D eigenvalue weighted by Gasteiger charge is 2.21. The molecule has 0 saturated heterocycles. The third-order valence-electron chi connectivity index (χ3n) is 3.60. The monoisotopic (exact) mass is 485 g/mol. The van der Waals surface area contributed by atoms with Crippen LogP contribution in [0.4, 0.5) is 5.69 Å². The summed E-state index contributed by atoms with van der Waals surface area (Å²) < 4.78 is 2.25. The SMILES string of the molecule is CC(Sc1nnc(-c2ccc(Cl)cc2Cl)n1N)C(=O)Nc1ccc(Br)cc1. The van der Waals surface area contributed by atoms with E-state index in [4.69, 9.17) is 29.0 Å². The van der Waals surface area contributed by atoms with Gasteiger partial charge in [-0.15, -0.1) is 10.2 Å². The molecule has 3 aromatic rings. The van der Waals surface area contributed by atoms with Gasteiger partial charge in [-0.05, 0) is 49.4 Å². The van der Waals surface area contributed by atoms with E-state index in [9.17, 15) is 4.79 Å². The summed E-state index contributed by atoms with van der Waals surface area (Å²) in [5.41, 5.74) is 1.31. The third-order valence-corrected chi connectivity index (χ3v) is 5.73. The van der Waals surface area contributed by atoms with Gasteiger partial charge in [-0.1, -0.05) is 50.9 Å². The quantitative estimate of drug-likeness (QED) is 0.397. The molecule has 0 aliphatic rings. The molecule has 0 spiro atoms. The molecule has 3 rings (SSSR count). The van der Waals surface area contributed by atoms with Crippen LogP contribution in [-0.4, -0.2) is 26.0 Å². The van der Waals surface area contributed by atoms with Crippen molar-refractivity contribution in [1.29, 1.82) is 0 Å². The molecule has 10 heteroatoms. The predicted octanol–water partition coefficient (Wildman–Crippen LogP) is 4.85. The number of thioether (sulfide) groups is 1. The molecule has 0 fully saturated rings. The van der Waals surface area contributed by atoms with E-state index in [1.54, 1.807) is 25.1 Å². The van der Waals surface area contributed by atoms with Crippen molar-refractivity contribution >= 4 is 62.5 Å². The third kappa shape index (κ3) is 4.76. The Kier molecular flexibility index (Phi) is 6.31. The van der Waals surface area contributed by atoms with Gasteiger partial charge >= 0.3 is 0 Å². The highest BCUT2D eigenvalue weighted by atomic mass is 79.9. The van der Waals surface area contributed by atoms with Crippen LogP contribution >= 0.6 is 50.9 Å². The van der Waals surface area contributed by atoms with Crippen LogP contribution in [-0.2, 0) is 4.79 Å². The van der Waals surface area contributed by atoms with E-state index in [1.807, 2.05) is 24.3 Å². The average Bonchev–Trinajstić information content (AvgIpc) is 2.97. The summed E-state index contributed by atoms with van der Waals surface area (Å²) in [5.74, 6) is 6.32. The second-order valence-corrected chi connectivity index (χ2v) is 8.62. The minimum absolute atomic E-state index is 0.170. The number of nitrogen functional groups attached to an aromatic ring is 1. The zero-order valence-electron chi connectivity index (χ0n) is 14.0. The maximum atomic E-state index is 12.4. The molecule has 1 atom stereocenters. The van der Waals surface area contributed by atoms with Gasteiger partial charge in [0.05, 0.1) is 10.3 Å². The van der Waals surface area contributed by atoms with E-state index in [-0.39, 0.29) is 5.91 Å². The Morgan fingerprint density at radius 1 is 1.22 bits per heavy atom. The highest BCUT2D eigenvalue weighted by Crippen LogP contribution is 2.31. The smallest absolute Gasteiger partial charge is 0.237 e. The van der Waals surface area contributed by atoms with Crippen molar-refractivity contribution < 1.29 is 4.79 Å². The van der Waals surface area contributed by atoms with Gasteiger partial charge in [-0.2, -0.15) is 0 Å². The normalized spacial score (nSPS) is 12.0. The first-order chi connectivity index (χ1) is 12.8. The molecule has 1 aromatic heterocycles. The largest absolute Gasteiger partial charge is 0.335 e. The van der Waals surface area contributed by atoms with E-state index in [0.29, 0.717) is 32.3 Å². The number of amides is 1. The Labute approximate surface area is 178 Å². The minimum Gasteiger partial charge on any atom is -0.335 e. The van der Waals surface area contributed by atoms with Crippen LogP contribution in [0.5, 0.6) is 0 Å². The average molecular weight is 487 g/mol. The Morgan fingerprint density at radius 3 is 2.59 bits per heavy atom. The lowest BCUT2D eigenvalue weighted by molar-refractivity contribution is -0.115. The molecule has 2 aromatic carbocycles. The first-order valence-electron chi connectivity index (χ1n) is 7.74. The Balaban J connectivity index is 1.73. The van der Waals surface area contributed by atoms with Gasteiger partial charge in [-0.25, -0.2) is 4.68 Å². The first kappa shape index (κ1) is 20.0. The molecule has 27 heavy (non-hydrogen) atoms. The molecule has 1 amide bonds. The fraction of sp³-hybridized carbons (Fsp3) is 0.118. The second kappa shape index (κ2) is 8.52. The number of nitrogens with one attached hydrogen (secondary N) is 1. The second-order valence-electron chi connectivity index (χ2n) is 5.56. The van der Waals surface area contributed by atoms with E-state index in [1.165, 1.54) is 16.4 Å². The number of hydrogen-bond donors (Lipinski definition) is 2. The van der Waals surface area contributed by atoms with Crippen LogP contribution in [0.25, 0.3) is 11.4 Å². The van der Waals surface area contributed by atoms with Crippen molar-refractivity contribution in [2.75, 3.05) is 11.2 Å². The zero-order chi connectivity index (χ0) is 19.6. The van der Waals surface area contributed by atoms with Crippen LogP contribution in [0.1, 0.15) is 6.92 Å². The molecule has 6 nitrogen and oxygen atoms in total. The van der Waals surface area contributed by atoms with Gasteiger partial charge in [0.1, 0.15) is 0 Å². The molecular weight excluding hydrogens is 473 g/mol. The number of rotatable bonds is 5. The van der Waals surface area contributed by atoms with Crippen molar-refractivity contribution in [1.82, 2.24) is 14.9 Å². The molecule has 0 bridgehead atoms. The number of aromatic nitrogens is 3. The highest BCUT2D eigenvalue weighted by molar-refractivity contribution is 9.10. The standard InChI is InChI=1S/C17H14BrCl2N5OS/c1-9(16(26)22-12-5-2-10(18)3-6-12)27-17-24-23-15(25(17)21)13-7-4-11(19)8-14(13)20/h2-9H,21H2,1H3,(H,22,26). The van der Waals surface area contributed by atoms with Crippen molar-refractivity contribution in [2.45, 2.75) is 17.3 Å². The fourth-order valence-corrected chi connectivity index (χ4v) is 3.73. The number of nitrogens with zero attached hydrogens (tertiary/aromatic N) is 3. The Morgan fingerprint density at radius 2 is 1.93 bits per heavy atom. The summed E-state index contributed by atoms with van der Waals surface area (Å²) in [7, 11) is 0. The van der Waals surface area contributed by atoms with Crippen molar-refractivity contribution in [3.63, 3.8) is 0 Å². The Bertz CT molecular complexity index is 980. The lowest BCUT2D eigenvalue weighted by Gasteiger charge is -2.12. The van der Waals surface area contributed by atoms with Crippen molar-refractivity contribution in [2.24, 2.45) is 0 Å².